The van der Waals surface area contributed by atoms with Crippen LogP contribution in [0.5, 0.6) is 11.5 Å². The van der Waals surface area contributed by atoms with Crippen molar-refractivity contribution in [1.82, 2.24) is 4.72 Å². The van der Waals surface area contributed by atoms with Crippen LogP contribution in [0, 0.1) is 21.7 Å². The molecule has 11 heteroatoms. The quantitative estimate of drug-likeness (QED) is 0.576. The van der Waals surface area contributed by atoms with E-state index < -0.39 is 37.2 Å². The molecule has 26 heavy (non-hydrogen) atoms. The number of nitrogens with one attached hydrogen (secondary N) is 1. The van der Waals surface area contributed by atoms with Gasteiger partial charge in [0.1, 0.15) is 16.4 Å². The van der Waals surface area contributed by atoms with Gasteiger partial charge in [0, 0.05) is 24.2 Å². The molecule has 0 saturated heterocycles. The molecule has 2 aromatic carbocycles. The van der Waals surface area contributed by atoms with Crippen LogP contribution >= 0.6 is 0 Å². The third kappa shape index (κ3) is 4.06. The van der Waals surface area contributed by atoms with Crippen LogP contribution in [0.4, 0.5) is 14.5 Å². The van der Waals surface area contributed by atoms with Gasteiger partial charge in [-0.15, -0.1) is 0 Å². The predicted molar refractivity (Wildman–Crippen MR) is 86.6 cm³/mol. The molecule has 0 atom stereocenters. The van der Waals surface area contributed by atoms with Crippen LogP contribution in [0.2, 0.25) is 0 Å². The van der Waals surface area contributed by atoms with Crippen LogP contribution in [-0.4, -0.2) is 27.6 Å². The van der Waals surface area contributed by atoms with E-state index in [-0.39, 0.29) is 6.54 Å². The van der Waals surface area contributed by atoms with Crippen molar-refractivity contribution in [1.29, 1.82) is 0 Å². The zero-order valence-electron chi connectivity index (χ0n) is 13.7. The van der Waals surface area contributed by atoms with Gasteiger partial charge in [0.05, 0.1) is 25.2 Å². The normalized spacial score (nSPS) is 11.2. The number of ether oxygens (including phenoxy) is 2. The fraction of sp³-hybridized carbons (Fsp3) is 0.200. The molecule has 0 radical (unpaired) electrons. The molecule has 0 aliphatic carbocycles. The Labute approximate surface area is 147 Å². The molecular formula is C15H14F2N2O6S. The van der Waals surface area contributed by atoms with Gasteiger partial charge in [0.25, 0.3) is 5.69 Å². The molecule has 2 rings (SSSR count). The Bertz CT molecular complexity index is 949. The minimum Gasteiger partial charge on any atom is -0.497 e. The summed E-state index contributed by atoms with van der Waals surface area (Å²) in [5.41, 5.74) is -0.491. The van der Waals surface area contributed by atoms with E-state index in [0.29, 0.717) is 29.2 Å². The summed E-state index contributed by atoms with van der Waals surface area (Å²) in [6.07, 6.45) is 0. The maximum absolute atomic E-state index is 13.9. The van der Waals surface area contributed by atoms with Crippen molar-refractivity contribution in [3.05, 3.63) is 57.6 Å². The average Bonchev–Trinajstić information content (AvgIpc) is 2.61. The number of methoxy groups -OCH3 is 2. The van der Waals surface area contributed by atoms with E-state index in [9.17, 15) is 27.3 Å². The fourth-order valence-corrected chi connectivity index (χ4v) is 3.21. The minimum absolute atomic E-state index is 0.303. The van der Waals surface area contributed by atoms with Gasteiger partial charge in [0.2, 0.25) is 10.0 Å². The Hall–Kier alpha value is -2.79. The second-order valence-corrected chi connectivity index (χ2v) is 6.73. The number of nitro groups is 1. The largest absolute Gasteiger partial charge is 0.497 e. The van der Waals surface area contributed by atoms with Gasteiger partial charge in [-0.2, -0.15) is 0 Å². The zero-order valence-corrected chi connectivity index (χ0v) is 14.5. The van der Waals surface area contributed by atoms with Gasteiger partial charge in [0.15, 0.2) is 11.6 Å². The number of benzene rings is 2. The van der Waals surface area contributed by atoms with E-state index in [2.05, 4.69) is 4.72 Å². The highest BCUT2D eigenvalue weighted by molar-refractivity contribution is 7.89. The first-order chi connectivity index (χ1) is 12.2. The molecule has 0 saturated carbocycles. The lowest BCUT2D eigenvalue weighted by Crippen LogP contribution is -2.25. The number of nitro benzene ring substituents is 1. The molecule has 0 bridgehead atoms. The lowest BCUT2D eigenvalue weighted by molar-refractivity contribution is -0.385. The van der Waals surface area contributed by atoms with Crippen LogP contribution in [0.3, 0.4) is 0 Å². The molecule has 0 aromatic heterocycles. The van der Waals surface area contributed by atoms with Crippen molar-refractivity contribution in [3.63, 3.8) is 0 Å². The zero-order chi connectivity index (χ0) is 19.5. The molecule has 0 amide bonds. The van der Waals surface area contributed by atoms with Gasteiger partial charge < -0.3 is 9.47 Å². The maximum atomic E-state index is 13.9. The summed E-state index contributed by atoms with van der Waals surface area (Å²) < 4.78 is 64.1. The van der Waals surface area contributed by atoms with Gasteiger partial charge in [-0.25, -0.2) is 21.9 Å². The predicted octanol–water partition coefficient (Wildman–Crippen LogP) is 2.37. The summed E-state index contributed by atoms with van der Waals surface area (Å²) in [5.74, 6) is -2.57. The highest BCUT2D eigenvalue weighted by Crippen LogP contribution is 2.27. The molecule has 2 aromatic rings. The lowest BCUT2D eigenvalue weighted by Gasteiger charge is -2.12. The first-order valence-corrected chi connectivity index (χ1v) is 8.52. The molecule has 140 valence electrons. The molecular weight excluding hydrogens is 374 g/mol. The molecule has 0 unspecified atom stereocenters. The number of rotatable bonds is 7. The summed E-state index contributed by atoms with van der Waals surface area (Å²) in [4.78, 5) is 8.56. The van der Waals surface area contributed by atoms with Crippen molar-refractivity contribution < 1.29 is 31.6 Å². The standard InChI is InChI=1S/C15H14F2N2O6S/c1-24-11-4-3-9(13(7-11)25-2)8-18-26(22,23)14-6-10(19(20)21)5-12(16)15(14)17/h3-7,18H,8H2,1-2H3. The second-order valence-electron chi connectivity index (χ2n) is 5.00. The molecule has 0 aliphatic heterocycles. The maximum Gasteiger partial charge on any atom is 0.273 e. The minimum atomic E-state index is -4.56. The topological polar surface area (TPSA) is 108 Å². The van der Waals surface area contributed by atoms with E-state index >= 15 is 0 Å². The summed E-state index contributed by atoms with van der Waals surface area (Å²) in [6.45, 7) is -0.320. The Morgan fingerprint density at radius 3 is 2.42 bits per heavy atom. The van der Waals surface area contributed by atoms with Crippen molar-refractivity contribution >= 4 is 15.7 Å². The lowest BCUT2D eigenvalue weighted by atomic mass is 10.2. The highest BCUT2D eigenvalue weighted by atomic mass is 32.2. The van der Waals surface area contributed by atoms with Crippen molar-refractivity contribution in [2.24, 2.45) is 0 Å². The molecule has 0 heterocycles. The molecule has 0 aliphatic rings. The average molecular weight is 388 g/mol. The number of sulfonamides is 1. The highest BCUT2D eigenvalue weighted by Gasteiger charge is 2.26. The molecule has 8 nitrogen and oxygen atoms in total. The number of hydrogen-bond donors (Lipinski definition) is 1. The first kappa shape index (κ1) is 19.5. The van der Waals surface area contributed by atoms with Gasteiger partial charge in [-0.05, 0) is 6.07 Å². The summed E-state index contributed by atoms with van der Waals surface area (Å²) in [5, 5.41) is 10.7. The van der Waals surface area contributed by atoms with Crippen LogP contribution in [0.15, 0.2) is 35.2 Å². The van der Waals surface area contributed by atoms with Crippen LogP contribution in [0.25, 0.3) is 0 Å². The van der Waals surface area contributed by atoms with Crippen LogP contribution in [-0.2, 0) is 16.6 Å². The van der Waals surface area contributed by atoms with Gasteiger partial charge in [-0.1, -0.05) is 6.07 Å². The van der Waals surface area contributed by atoms with Crippen molar-refractivity contribution in [2.75, 3.05) is 14.2 Å². The number of halogens is 2. The van der Waals surface area contributed by atoms with Gasteiger partial charge in [-0.3, -0.25) is 10.1 Å². The molecule has 0 fully saturated rings. The number of hydrogen-bond acceptors (Lipinski definition) is 6. The van der Waals surface area contributed by atoms with E-state index in [1.807, 2.05) is 0 Å². The van der Waals surface area contributed by atoms with E-state index in [1.165, 1.54) is 26.4 Å². The molecule has 1 N–H and O–H groups in total. The Morgan fingerprint density at radius 2 is 1.85 bits per heavy atom. The van der Waals surface area contributed by atoms with E-state index in [4.69, 9.17) is 9.47 Å². The number of non-ortho nitro benzene ring substituents is 1. The SMILES string of the molecule is COc1ccc(CNS(=O)(=O)c2cc([N+](=O)[O-])cc(F)c2F)c(OC)c1. The van der Waals surface area contributed by atoms with Crippen LogP contribution < -0.4 is 14.2 Å². The third-order valence-electron chi connectivity index (χ3n) is 3.43. The first-order valence-electron chi connectivity index (χ1n) is 7.03. The smallest absolute Gasteiger partial charge is 0.273 e. The fourth-order valence-electron chi connectivity index (χ4n) is 2.10. The van der Waals surface area contributed by atoms with E-state index in [1.54, 1.807) is 6.07 Å². The van der Waals surface area contributed by atoms with Crippen molar-refractivity contribution in [3.8, 4) is 11.5 Å². The number of nitrogens with zero attached hydrogens (tertiary/aromatic N) is 1. The third-order valence-corrected chi connectivity index (χ3v) is 4.83. The summed E-state index contributed by atoms with van der Waals surface area (Å²) in [7, 11) is -1.76. The monoisotopic (exact) mass is 388 g/mol. The van der Waals surface area contributed by atoms with Gasteiger partial charge >= 0.3 is 0 Å². The Morgan fingerprint density at radius 1 is 1.15 bits per heavy atom. The van der Waals surface area contributed by atoms with Crippen LogP contribution in [0.1, 0.15) is 5.56 Å². The Balaban J connectivity index is 2.34. The Kier molecular flexibility index (Phi) is 5.73. The summed E-state index contributed by atoms with van der Waals surface area (Å²) in [6, 6.07) is 5.34. The van der Waals surface area contributed by atoms with E-state index in [0.717, 1.165) is 0 Å². The molecule has 0 spiro atoms. The summed E-state index contributed by atoms with van der Waals surface area (Å²) >= 11 is 0. The second kappa shape index (κ2) is 7.62. The van der Waals surface area contributed by atoms with Crippen molar-refractivity contribution in [2.45, 2.75) is 11.4 Å².